The van der Waals surface area contributed by atoms with Crippen molar-refractivity contribution in [1.29, 1.82) is 0 Å². The van der Waals surface area contributed by atoms with Gasteiger partial charge in [0.1, 0.15) is 5.01 Å². The highest BCUT2D eigenvalue weighted by Crippen LogP contribution is 2.21. The topological polar surface area (TPSA) is 93.2 Å². The van der Waals surface area contributed by atoms with Gasteiger partial charge in [0.05, 0.1) is 7.11 Å². The van der Waals surface area contributed by atoms with Gasteiger partial charge >= 0.3 is 5.97 Å². The number of anilines is 1. The van der Waals surface area contributed by atoms with Crippen LogP contribution in [0.4, 0.5) is 5.13 Å². The van der Waals surface area contributed by atoms with Crippen LogP contribution in [-0.4, -0.2) is 41.8 Å². The molecule has 130 valence electrons. The lowest BCUT2D eigenvalue weighted by molar-refractivity contribution is -0.140. The first-order valence-corrected chi connectivity index (χ1v) is 8.33. The van der Waals surface area contributed by atoms with Gasteiger partial charge in [-0.05, 0) is 32.7 Å². The molecular formula is C14H23ClN4O3S. The molecule has 9 heteroatoms. The van der Waals surface area contributed by atoms with Crippen molar-refractivity contribution in [3.63, 3.8) is 0 Å². The molecular weight excluding hydrogens is 340 g/mol. The van der Waals surface area contributed by atoms with E-state index in [1.807, 2.05) is 0 Å². The summed E-state index contributed by atoms with van der Waals surface area (Å²) < 4.78 is 4.59. The first-order chi connectivity index (χ1) is 10.6. The van der Waals surface area contributed by atoms with Gasteiger partial charge in [-0.3, -0.25) is 9.59 Å². The van der Waals surface area contributed by atoms with Crippen LogP contribution in [0.2, 0.25) is 0 Å². The van der Waals surface area contributed by atoms with E-state index in [9.17, 15) is 9.59 Å². The summed E-state index contributed by atoms with van der Waals surface area (Å²) in [7, 11) is 1.38. The van der Waals surface area contributed by atoms with Crippen LogP contribution in [-0.2, 0) is 20.7 Å². The number of piperidine rings is 1. The van der Waals surface area contributed by atoms with Crippen LogP contribution in [0.3, 0.4) is 0 Å². The Bertz CT molecular complexity index is 526. The number of nitrogens with zero attached hydrogens (tertiary/aromatic N) is 2. The lowest BCUT2D eigenvalue weighted by Gasteiger charge is -2.26. The fourth-order valence-corrected chi connectivity index (χ4v) is 3.25. The number of methoxy groups -OCH3 is 1. The largest absolute Gasteiger partial charge is 0.469 e. The van der Waals surface area contributed by atoms with Crippen molar-refractivity contribution in [3.05, 3.63) is 5.01 Å². The Morgan fingerprint density at radius 3 is 2.91 bits per heavy atom. The van der Waals surface area contributed by atoms with E-state index in [0.717, 1.165) is 24.4 Å². The van der Waals surface area contributed by atoms with E-state index in [0.29, 0.717) is 30.4 Å². The summed E-state index contributed by atoms with van der Waals surface area (Å²) in [5, 5.41) is 15.6. The Balaban J connectivity index is 0.00000264. The Labute approximate surface area is 146 Å². The lowest BCUT2D eigenvalue weighted by Crippen LogP contribution is -2.40. The molecule has 1 aliphatic heterocycles. The van der Waals surface area contributed by atoms with E-state index in [1.165, 1.54) is 18.4 Å². The second kappa shape index (κ2) is 9.79. The van der Waals surface area contributed by atoms with Crippen LogP contribution in [0.5, 0.6) is 0 Å². The molecule has 0 aliphatic carbocycles. The number of esters is 1. The molecule has 2 atom stereocenters. The number of ether oxygens (including phenoxy) is 1. The molecule has 0 spiro atoms. The van der Waals surface area contributed by atoms with Crippen molar-refractivity contribution < 1.29 is 14.3 Å². The SMILES string of the molecule is COC(=O)CCCc1nnc(NC(=O)[C@H]2CCN[C@@H](C)C2)s1.Cl. The van der Waals surface area contributed by atoms with Gasteiger partial charge < -0.3 is 15.4 Å². The molecule has 2 heterocycles. The summed E-state index contributed by atoms with van der Waals surface area (Å²) in [5.41, 5.74) is 0. The number of halogens is 1. The molecule has 2 rings (SSSR count). The Hall–Kier alpha value is -1.25. The fourth-order valence-electron chi connectivity index (χ4n) is 2.47. The summed E-state index contributed by atoms with van der Waals surface area (Å²) in [6, 6.07) is 0.368. The maximum absolute atomic E-state index is 12.2. The maximum atomic E-state index is 12.2. The molecule has 23 heavy (non-hydrogen) atoms. The van der Waals surface area contributed by atoms with Gasteiger partial charge in [0.15, 0.2) is 0 Å². The minimum absolute atomic E-state index is 0. The van der Waals surface area contributed by atoms with Gasteiger partial charge in [0, 0.05) is 24.8 Å². The zero-order valence-electron chi connectivity index (χ0n) is 13.3. The lowest BCUT2D eigenvalue weighted by atomic mass is 9.93. The zero-order chi connectivity index (χ0) is 15.9. The van der Waals surface area contributed by atoms with E-state index in [2.05, 4.69) is 32.5 Å². The van der Waals surface area contributed by atoms with E-state index in [1.54, 1.807) is 0 Å². The van der Waals surface area contributed by atoms with Gasteiger partial charge in [-0.25, -0.2) is 0 Å². The van der Waals surface area contributed by atoms with E-state index >= 15 is 0 Å². The maximum Gasteiger partial charge on any atom is 0.305 e. The van der Waals surface area contributed by atoms with Gasteiger partial charge in [0.2, 0.25) is 11.0 Å². The molecule has 2 N–H and O–H groups in total. The van der Waals surface area contributed by atoms with Crippen molar-refractivity contribution >= 4 is 40.8 Å². The van der Waals surface area contributed by atoms with Crippen LogP contribution < -0.4 is 10.6 Å². The Morgan fingerprint density at radius 1 is 1.43 bits per heavy atom. The quantitative estimate of drug-likeness (QED) is 0.749. The second-order valence-electron chi connectivity index (χ2n) is 5.50. The number of hydrogen-bond acceptors (Lipinski definition) is 7. The number of hydrogen-bond donors (Lipinski definition) is 2. The Kier molecular flexibility index (Phi) is 8.43. The van der Waals surface area contributed by atoms with Crippen molar-refractivity contribution in [2.45, 2.75) is 45.1 Å². The Morgan fingerprint density at radius 2 is 2.22 bits per heavy atom. The number of rotatable bonds is 6. The van der Waals surface area contributed by atoms with Crippen LogP contribution in [0.25, 0.3) is 0 Å². The summed E-state index contributed by atoms with van der Waals surface area (Å²) in [4.78, 5) is 23.2. The molecule has 1 amide bonds. The predicted octanol–water partition coefficient (Wildman–Crippen LogP) is 1.78. The molecule has 7 nitrogen and oxygen atoms in total. The average Bonchev–Trinajstić information content (AvgIpc) is 2.94. The normalized spacial score (nSPS) is 20.4. The molecule has 1 fully saturated rings. The molecule has 0 aromatic carbocycles. The minimum Gasteiger partial charge on any atom is -0.469 e. The summed E-state index contributed by atoms with van der Waals surface area (Å²) >= 11 is 1.36. The van der Waals surface area contributed by atoms with E-state index in [4.69, 9.17) is 0 Å². The molecule has 1 saturated heterocycles. The van der Waals surface area contributed by atoms with E-state index in [-0.39, 0.29) is 30.2 Å². The molecule has 0 radical (unpaired) electrons. The molecule has 1 aliphatic rings. The molecule has 0 bridgehead atoms. The summed E-state index contributed by atoms with van der Waals surface area (Å²) in [6.45, 7) is 2.96. The number of carbonyl (C=O) groups is 2. The summed E-state index contributed by atoms with van der Waals surface area (Å²) in [6.07, 6.45) is 3.39. The summed E-state index contributed by atoms with van der Waals surface area (Å²) in [5.74, 6) is -0.174. The number of carbonyl (C=O) groups excluding carboxylic acids is 2. The van der Waals surface area contributed by atoms with Gasteiger partial charge in [0.25, 0.3) is 0 Å². The van der Waals surface area contributed by atoms with Crippen molar-refractivity contribution in [2.24, 2.45) is 5.92 Å². The first kappa shape index (κ1) is 19.8. The number of aromatic nitrogens is 2. The highest BCUT2D eigenvalue weighted by Gasteiger charge is 2.25. The van der Waals surface area contributed by atoms with Gasteiger partial charge in [-0.2, -0.15) is 0 Å². The van der Waals surface area contributed by atoms with E-state index < -0.39 is 0 Å². The van der Waals surface area contributed by atoms with Gasteiger partial charge in [-0.15, -0.1) is 22.6 Å². The number of nitrogens with one attached hydrogen (secondary N) is 2. The third-order valence-electron chi connectivity index (χ3n) is 3.69. The molecule has 1 aromatic rings. The van der Waals surface area contributed by atoms with Crippen LogP contribution in [0.15, 0.2) is 0 Å². The molecule has 0 unspecified atom stereocenters. The standard InChI is InChI=1S/C14H22N4O3S.ClH/c1-9-8-10(6-7-15-9)13(20)16-14-18-17-11(22-14)4-3-5-12(19)21-2;/h9-10,15H,3-8H2,1-2H3,(H,16,18,20);1H/t9-,10-;/m0./s1. The highest BCUT2D eigenvalue weighted by atomic mass is 35.5. The number of aryl methyl sites for hydroxylation is 1. The minimum atomic E-state index is -0.224. The first-order valence-electron chi connectivity index (χ1n) is 7.52. The van der Waals surface area contributed by atoms with Crippen molar-refractivity contribution in [3.8, 4) is 0 Å². The van der Waals surface area contributed by atoms with Crippen molar-refractivity contribution in [1.82, 2.24) is 15.5 Å². The smallest absolute Gasteiger partial charge is 0.305 e. The highest BCUT2D eigenvalue weighted by molar-refractivity contribution is 7.15. The van der Waals surface area contributed by atoms with Gasteiger partial charge in [-0.1, -0.05) is 11.3 Å². The van der Waals surface area contributed by atoms with Crippen LogP contribution in [0, 0.1) is 5.92 Å². The third-order valence-corrected chi connectivity index (χ3v) is 4.59. The molecule has 0 saturated carbocycles. The second-order valence-corrected chi connectivity index (χ2v) is 6.56. The van der Waals surface area contributed by atoms with Crippen LogP contribution in [0.1, 0.15) is 37.6 Å². The van der Waals surface area contributed by atoms with Crippen LogP contribution >= 0.6 is 23.7 Å². The monoisotopic (exact) mass is 362 g/mol. The fraction of sp³-hybridized carbons (Fsp3) is 0.714. The predicted molar refractivity (Wildman–Crippen MR) is 90.9 cm³/mol. The molecule has 1 aromatic heterocycles. The number of amides is 1. The average molecular weight is 363 g/mol. The zero-order valence-corrected chi connectivity index (χ0v) is 15.0. The third kappa shape index (κ3) is 6.40. The van der Waals surface area contributed by atoms with Crippen molar-refractivity contribution in [2.75, 3.05) is 19.0 Å².